The van der Waals surface area contributed by atoms with E-state index in [1.54, 1.807) is 0 Å². The number of hydrogen-bond donors (Lipinski definition) is 1. The Kier molecular flexibility index (Phi) is 6.33. The predicted molar refractivity (Wildman–Crippen MR) is 69.1 cm³/mol. The lowest BCUT2D eigenvalue weighted by Gasteiger charge is -2.09. The first-order chi connectivity index (χ1) is 8.54. The van der Waals surface area contributed by atoms with E-state index in [1.165, 1.54) is 12.1 Å². The van der Waals surface area contributed by atoms with Crippen molar-refractivity contribution in [2.75, 3.05) is 17.7 Å². The average molecular weight is 280 g/mol. The Morgan fingerprint density at radius 2 is 1.56 bits per heavy atom. The molecule has 0 unspecified atom stereocenters. The van der Waals surface area contributed by atoms with Crippen LogP contribution in [-0.2, 0) is 6.18 Å². The van der Waals surface area contributed by atoms with Crippen LogP contribution in [0.1, 0.15) is 31.2 Å². The SMILES string of the molecule is FC(F)(F)c1ccc(NCCCCCCCl)cc1. The molecule has 0 atom stereocenters. The maximum atomic E-state index is 12.3. The molecular weight excluding hydrogens is 263 g/mol. The van der Waals surface area contributed by atoms with E-state index >= 15 is 0 Å². The fraction of sp³-hybridized carbons (Fsp3) is 0.538. The van der Waals surface area contributed by atoms with Gasteiger partial charge in [-0.15, -0.1) is 11.6 Å². The molecule has 0 radical (unpaired) electrons. The quantitative estimate of drug-likeness (QED) is 0.552. The molecule has 1 N–H and O–H groups in total. The molecule has 0 saturated heterocycles. The fourth-order valence-corrected chi connectivity index (χ4v) is 1.77. The number of nitrogens with one attached hydrogen (secondary N) is 1. The highest BCUT2D eigenvalue weighted by atomic mass is 35.5. The van der Waals surface area contributed by atoms with Crippen molar-refractivity contribution in [3.05, 3.63) is 29.8 Å². The van der Waals surface area contributed by atoms with Gasteiger partial charge in [0.1, 0.15) is 0 Å². The molecule has 1 rings (SSSR count). The molecule has 1 nitrogen and oxygen atoms in total. The summed E-state index contributed by atoms with van der Waals surface area (Å²) < 4.78 is 36.9. The molecule has 0 heterocycles. The van der Waals surface area contributed by atoms with E-state index in [-0.39, 0.29) is 0 Å². The summed E-state index contributed by atoms with van der Waals surface area (Å²) in [5.41, 5.74) is 0.107. The summed E-state index contributed by atoms with van der Waals surface area (Å²) in [6, 6.07) is 5.11. The number of benzene rings is 1. The number of halogens is 4. The van der Waals surface area contributed by atoms with Crippen molar-refractivity contribution in [1.82, 2.24) is 0 Å². The normalized spacial score (nSPS) is 11.6. The van der Waals surface area contributed by atoms with Crippen LogP contribution in [0.3, 0.4) is 0 Å². The summed E-state index contributed by atoms with van der Waals surface area (Å²) in [6.07, 6.45) is -0.0710. The number of anilines is 1. The Labute approximate surface area is 110 Å². The van der Waals surface area contributed by atoms with Gasteiger partial charge in [-0.25, -0.2) is 0 Å². The van der Waals surface area contributed by atoms with Crippen molar-refractivity contribution >= 4 is 17.3 Å². The Morgan fingerprint density at radius 1 is 0.944 bits per heavy atom. The van der Waals surface area contributed by atoms with Crippen molar-refractivity contribution in [3.63, 3.8) is 0 Å². The lowest BCUT2D eigenvalue weighted by molar-refractivity contribution is -0.137. The number of alkyl halides is 4. The molecule has 0 aromatic heterocycles. The van der Waals surface area contributed by atoms with Gasteiger partial charge in [0.15, 0.2) is 0 Å². The summed E-state index contributed by atoms with van der Waals surface area (Å²) in [4.78, 5) is 0. The topological polar surface area (TPSA) is 12.0 Å². The number of rotatable bonds is 7. The Hall–Kier alpha value is -0.900. The summed E-state index contributed by atoms with van der Waals surface area (Å²) in [6.45, 7) is 0.771. The molecule has 102 valence electrons. The molecule has 0 amide bonds. The van der Waals surface area contributed by atoms with Crippen molar-refractivity contribution < 1.29 is 13.2 Å². The molecule has 0 bridgehead atoms. The molecular formula is C13H17ClF3N. The van der Waals surface area contributed by atoms with Crippen LogP contribution in [0.25, 0.3) is 0 Å². The van der Waals surface area contributed by atoms with Gasteiger partial charge in [0.25, 0.3) is 0 Å². The zero-order valence-electron chi connectivity index (χ0n) is 10.1. The van der Waals surface area contributed by atoms with Gasteiger partial charge in [-0.3, -0.25) is 0 Å². The zero-order chi connectivity index (χ0) is 13.4. The van der Waals surface area contributed by atoms with E-state index in [4.69, 9.17) is 11.6 Å². The molecule has 1 aromatic carbocycles. The second-order valence-electron chi connectivity index (χ2n) is 4.11. The highest BCUT2D eigenvalue weighted by Crippen LogP contribution is 2.29. The van der Waals surface area contributed by atoms with Crippen LogP contribution in [0.5, 0.6) is 0 Å². The fourth-order valence-electron chi connectivity index (χ4n) is 1.58. The van der Waals surface area contributed by atoms with E-state index in [1.807, 2.05) is 0 Å². The van der Waals surface area contributed by atoms with Crippen LogP contribution < -0.4 is 5.32 Å². The second-order valence-corrected chi connectivity index (χ2v) is 4.48. The minimum atomic E-state index is -4.26. The van der Waals surface area contributed by atoms with Gasteiger partial charge in [0, 0.05) is 18.1 Å². The van der Waals surface area contributed by atoms with E-state index in [0.29, 0.717) is 5.88 Å². The monoisotopic (exact) mass is 279 g/mol. The van der Waals surface area contributed by atoms with E-state index < -0.39 is 11.7 Å². The number of unbranched alkanes of at least 4 members (excludes halogenated alkanes) is 3. The van der Waals surface area contributed by atoms with Gasteiger partial charge >= 0.3 is 6.18 Å². The van der Waals surface area contributed by atoms with Gasteiger partial charge in [-0.2, -0.15) is 13.2 Å². The molecule has 0 aliphatic rings. The van der Waals surface area contributed by atoms with Gasteiger partial charge in [0.05, 0.1) is 5.56 Å². The summed E-state index contributed by atoms with van der Waals surface area (Å²) in [5, 5.41) is 3.10. The van der Waals surface area contributed by atoms with E-state index in [9.17, 15) is 13.2 Å². The Morgan fingerprint density at radius 3 is 2.11 bits per heavy atom. The molecule has 0 saturated carbocycles. The van der Waals surface area contributed by atoms with E-state index in [0.717, 1.165) is 50.0 Å². The molecule has 1 aromatic rings. The van der Waals surface area contributed by atoms with Crippen molar-refractivity contribution in [1.29, 1.82) is 0 Å². The third kappa shape index (κ3) is 5.63. The lowest BCUT2D eigenvalue weighted by atomic mass is 10.2. The average Bonchev–Trinajstić information content (AvgIpc) is 2.33. The molecule has 5 heteroatoms. The van der Waals surface area contributed by atoms with Gasteiger partial charge in [-0.05, 0) is 37.1 Å². The molecule has 0 fully saturated rings. The molecule has 0 spiro atoms. The molecule has 0 aliphatic heterocycles. The highest BCUT2D eigenvalue weighted by Gasteiger charge is 2.29. The summed E-state index contributed by atoms with van der Waals surface area (Å²) in [7, 11) is 0. The van der Waals surface area contributed by atoms with Crippen molar-refractivity contribution in [2.24, 2.45) is 0 Å². The molecule has 18 heavy (non-hydrogen) atoms. The van der Waals surface area contributed by atoms with E-state index in [2.05, 4.69) is 5.32 Å². The van der Waals surface area contributed by atoms with Crippen LogP contribution in [0.15, 0.2) is 24.3 Å². The number of hydrogen-bond acceptors (Lipinski definition) is 1. The van der Waals surface area contributed by atoms with Crippen LogP contribution >= 0.6 is 11.6 Å². The van der Waals surface area contributed by atoms with Crippen LogP contribution in [0.2, 0.25) is 0 Å². The Bertz CT molecular complexity index is 335. The zero-order valence-corrected chi connectivity index (χ0v) is 10.8. The van der Waals surface area contributed by atoms with Crippen LogP contribution in [0.4, 0.5) is 18.9 Å². The second kappa shape index (κ2) is 7.52. The minimum absolute atomic E-state index is 0.616. The van der Waals surface area contributed by atoms with Crippen LogP contribution in [-0.4, -0.2) is 12.4 Å². The van der Waals surface area contributed by atoms with Gasteiger partial charge < -0.3 is 5.32 Å². The van der Waals surface area contributed by atoms with Crippen molar-refractivity contribution in [3.8, 4) is 0 Å². The lowest BCUT2D eigenvalue weighted by Crippen LogP contribution is -2.05. The highest BCUT2D eigenvalue weighted by molar-refractivity contribution is 6.17. The first-order valence-corrected chi connectivity index (χ1v) is 6.54. The maximum Gasteiger partial charge on any atom is 0.416 e. The Balaban J connectivity index is 2.27. The summed E-state index contributed by atoms with van der Waals surface area (Å²) >= 11 is 5.55. The smallest absolute Gasteiger partial charge is 0.385 e. The van der Waals surface area contributed by atoms with Crippen molar-refractivity contribution in [2.45, 2.75) is 31.9 Å². The maximum absolute atomic E-state index is 12.3. The summed E-state index contributed by atoms with van der Waals surface area (Å²) in [5.74, 6) is 0.687. The first-order valence-electron chi connectivity index (χ1n) is 6.01. The molecule has 0 aliphatic carbocycles. The standard InChI is InChI=1S/C13H17ClF3N/c14-9-3-1-2-4-10-18-12-7-5-11(6-8-12)13(15,16)17/h5-8,18H,1-4,9-10H2. The first kappa shape index (κ1) is 15.2. The predicted octanol–water partition coefficient (Wildman–Crippen LogP) is 4.92. The third-order valence-electron chi connectivity index (χ3n) is 2.60. The largest absolute Gasteiger partial charge is 0.416 e. The third-order valence-corrected chi connectivity index (χ3v) is 2.87. The van der Waals surface area contributed by atoms with Gasteiger partial charge in [-0.1, -0.05) is 12.8 Å². The minimum Gasteiger partial charge on any atom is -0.385 e. The van der Waals surface area contributed by atoms with Crippen LogP contribution in [0, 0.1) is 0 Å². The van der Waals surface area contributed by atoms with Gasteiger partial charge in [0.2, 0.25) is 0 Å².